The fourth-order valence-corrected chi connectivity index (χ4v) is 2.88. The molecule has 0 bridgehead atoms. The van der Waals surface area contributed by atoms with E-state index in [-0.39, 0.29) is 17.4 Å². The minimum absolute atomic E-state index is 0.0614. The molecule has 1 aromatic carbocycles. The van der Waals surface area contributed by atoms with Gasteiger partial charge in [-0.25, -0.2) is 0 Å². The molecular formula is C20H32N2O3. The van der Waals surface area contributed by atoms with Crippen LogP contribution >= 0.6 is 0 Å². The largest absolute Gasteiger partial charge is 0.493 e. The SMILES string of the molecule is COc1ccc(C(CC(=O)NCC(C)(C)N(C)C)C2CC2)cc1OC. The second-order valence-electron chi connectivity index (χ2n) is 7.75. The van der Waals surface area contributed by atoms with Crippen LogP contribution in [0.2, 0.25) is 0 Å². The van der Waals surface area contributed by atoms with Crippen LogP contribution < -0.4 is 14.8 Å². The molecule has 0 radical (unpaired) electrons. The number of likely N-dealkylation sites (N-methyl/N-ethyl adjacent to an activating group) is 1. The molecule has 2 rings (SSSR count). The molecule has 0 heterocycles. The zero-order valence-electron chi connectivity index (χ0n) is 16.4. The predicted molar refractivity (Wildman–Crippen MR) is 100 cm³/mol. The standard InChI is InChI=1S/C20H32N2O3/c1-20(2,22(3)4)13-21-19(23)12-16(14-7-8-14)15-9-10-17(24-5)18(11-15)25-6/h9-11,14,16H,7-8,12-13H2,1-6H3,(H,21,23). The monoisotopic (exact) mass is 348 g/mol. The fourth-order valence-electron chi connectivity index (χ4n) is 2.88. The van der Waals surface area contributed by atoms with Crippen LogP contribution in [0.1, 0.15) is 44.6 Å². The Morgan fingerprint density at radius 2 is 1.88 bits per heavy atom. The maximum absolute atomic E-state index is 12.5. The lowest BCUT2D eigenvalue weighted by Crippen LogP contribution is -2.48. The first-order valence-corrected chi connectivity index (χ1v) is 8.94. The van der Waals surface area contributed by atoms with Gasteiger partial charge >= 0.3 is 0 Å². The molecule has 5 heteroatoms. The van der Waals surface area contributed by atoms with E-state index >= 15 is 0 Å². The van der Waals surface area contributed by atoms with Crippen molar-refractivity contribution in [3.05, 3.63) is 23.8 Å². The first-order valence-electron chi connectivity index (χ1n) is 8.94. The maximum atomic E-state index is 12.5. The van der Waals surface area contributed by atoms with E-state index in [9.17, 15) is 4.79 Å². The number of nitrogens with zero attached hydrogens (tertiary/aromatic N) is 1. The second-order valence-corrected chi connectivity index (χ2v) is 7.75. The number of benzene rings is 1. The van der Waals surface area contributed by atoms with E-state index in [1.54, 1.807) is 14.2 Å². The van der Waals surface area contributed by atoms with E-state index in [1.165, 1.54) is 12.8 Å². The van der Waals surface area contributed by atoms with Crippen molar-refractivity contribution in [2.75, 3.05) is 34.9 Å². The zero-order valence-corrected chi connectivity index (χ0v) is 16.4. The number of nitrogens with one attached hydrogen (secondary N) is 1. The van der Waals surface area contributed by atoms with Crippen LogP contribution in [0.5, 0.6) is 11.5 Å². The number of hydrogen-bond acceptors (Lipinski definition) is 4. The lowest BCUT2D eigenvalue weighted by molar-refractivity contribution is -0.122. The number of carbonyl (C=O) groups excluding carboxylic acids is 1. The Morgan fingerprint density at radius 3 is 2.40 bits per heavy atom. The molecule has 1 fully saturated rings. The Labute approximate surface area is 151 Å². The molecule has 1 amide bonds. The summed E-state index contributed by atoms with van der Waals surface area (Å²) in [6.07, 6.45) is 2.90. The first kappa shape index (κ1) is 19.6. The number of rotatable bonds is 9. The van der Waals surface area contributed by atoms with Crippen LogP contribution in [-0.4, -0.2) is 51.2 Å². The van der Waals surface area contributed by atoms with Gasteiger partial charge in [-0.15, -0.1) is 0 Å². The Hall–Kier alpha value is -1.75. The molecule has 0 aromatic heterocycles. The Kier molecular flexibility index (Phi) is 6.33. The minimum atomic E-state index is -0.0614. The van der Waals surface area contributed by atoms with E-state index < -0.39 is 0 Å². The molecule has 1 unspecified atom stereocenters. The molecule has 5 nitrogen and oxygen atoms in total. The van der Waals surface area contributed by atoms with Crippen molar-refractivity contribution in [2.45, 2.75) is 44.6 Å². The minimum Gasteiger partial charge on any atom is -0.493 e. The van der Waals surface area contributed by atoms with Gasteiger partial charge in [0.15, 0.2) is 11.5 Å². The topological polar surface area (TPSA) is 50.8 Å². The van der Waals surface area contributed by atoms with Gasteiger partial charge in [0.05, 0.1) is 14.2 Å². The Balaban J connectivity index is 2.05. The molecular weight excluding hydrogens is 316 g/mol. The molecule has 1 aromatic rings. The van der Waals surface area contributed by atoms with E-state index in [1.807, 2.05) is 26.2 Å². The molecule has 0 aliphatic heterocycles. The molecule has 1 N–H and O–H groups in total. The van der Waals surface area contributed by atoms with Gasteiger partial charge in [0.25, 0.3) is 0 Å². The highest BCUT2D eigenvalue weighted by molar-refractivity contribution is 5.77. The molecule has 1 saturated carbocycles. The van der Waals surface area contributed by atoms with Crippen molar-refractivity contribution in [2.24, 2.45) is 5.92 Å². The lowest BCUT2D eigenvalue weighted by atomic mass is 9.90. The summed E-state index contributed by atoms with van der Waals surface area (Å²) < 4.78 is 10.7. The van der Waals surface area contributed by atoms with Crippen molar-refractivity contribution in [1.82, 2.24) is 10.2 Å². The highest BCUT2D eigenvalue weighted by atomic mass is 16.5. The van der Waals surface area contributed by atoms with Crippen LogP contribution in [0.25, 0.3) is 0 Å². The van der Waals surface area contributed by atoms with Crippen LogP contribution in [0, 0.1) is 5.92 Å². The van der Waals surface area contributed by atoms with Crippen LogP contribution in [-0.2, 0) is 4.79 Å². The summed E-state index contributed by atoms with van der Waals surface area (Å²) in [5.41, 5.74) is 1.09. The van der Waals surface area contributed by atoms with Gasteiger partial charge in [-0.05, 0) is 70.3 Å². The number of hydrogen-bond donors (Lipinski definition) is 1. The summed E-state index contributed by atoms with van der Waals surface area (Å²) in [6, 6.07) is 6.00. The molecule has 0 spiro atoms. The van der Waals surface area contributed by atoms with Gasteiger partial charge in [-0.1, -0.05) is 6.07 Å². The molecule has 25 heavy (non-hydrogen) atoms. The molecule has 1 aliphatic carbocycles. The van der Waals surface area contributed by atoms with Gasteiger partial charge in [0.2, 0.25) is 5.91 Å². The molecule has 140 valence electrons. The average molecular weight is 348 g/mol. The zero-order chi connectivity index (χ0) is 18.6. The van der Waals surface area contributed by atoms with Crippen molar-refractivity contribution < 1.29 is 14.3 Å². The van der Waals surface area contributed by atoms with Crippen LogP contribution in [0.15, 0.2) is 18.2 Å². The normalized spacial score (nSPS) is 15.8. The third-order valence-corrected chi connectivity index (χ3v) is 5.36. The van der Waals surface area contributed by atoms with Crippen molar-refractivity contribution in [3.8, 4) is 11.5 Å². The smallest absolute Gasteiger partial charge is 0.220 e. The molecule has 1 aliphatic rings. The molecule has 0 saturated heterocycles. The van der Waals surface area contributed by atoms with Gasteiger partial charge in [0, 0.05) is 18.5 Å². The Bertz CT molecular complexity index is 595. The Morgan fingerprint density at radius 1 is 1.24 bits per heavy atom. The number of ether oxygens (including phenoxy) is 2. The second kappa shape index (κ2) is 8.09. The third kappa shape index (κ3) is 5.11. The van der Waals surface area contributed by atoms with Crippen molar-refractivity contribution in [1.29, 1.82) is 0 Å². The van der Waals surface area contributed by atoms with Crippen molar-refractivity contribution in [3.63, 3.8) is 0 Å². The third-order valence-electron chi connectivity index (χ3n) is 5.36. The number of methoxy groups -OCH3 is 2. The highest BCUT2D eigenvalue weighted by Gasteiger charge is 2.34. The van der Waals surface area contributed by atoms with Crippen LogP contribution in [0.3, 0.4) is 0 Å². The summed E-state index contributed by atoms with van der Waals surface area (Å²) in [6.45, 7) is 4.89. The first-order chi connectivity index (χ1) is 11.8. The van der Waals surface area contributed by atoms with Crippen LogP contribution in [0.4, 0.5) is 0 Å². The summed E-state index contributed by atoms with van der Waals surface area (Å²) in [5, 5.41) is 3.10. The van der Waals surface area contributed by atoms with Gasteiger partial charge in [-0.2, -0.15) is 0 Å². The summed E-state index contributed by atoms with van der Waals surface area (Å²) >= 11 is 0. The van der Waals surface area contributed by atoms with Gasteiger partial charge in [0.1, 0.15) is 0 Å². The quantitative estimate of drug-likeness (QED) is 0.745. The fraction of sp³-hybridized carbons (Fsp3) is 0.650. The number of amides is 1. The summed E-state index contributed by atoms with van der Waals surface area (Å²) in [4.78, 5) is 14.6. The van der Waals surface area contributed by atoms with Crippen molar-refractivity contribution >= 4 is 5.91 Å². The summed E-state index contributed by atoms with van der Waals surface area (Å²) in [7, 11) is 7.34. The number of carbonyl (C=O) groups is 1. The highest BCUT2D eigenvalue weighted by Crippen LogP contribution is 2.46. The molecule has 1 atom stereocenters. The van der Waals surface area contributed by atoms with Gasteiger partial charge < -0.3 is 19.7 Å². The lowest BCUT2D eigenvalue weighted by Gasteiger charge is -2.32. The van der Waals surface area contributed by atoms with E-state index in [4.69, 9.17) is 9.47 Å². The van der Waals surface area contributed by atoms with Gasteiger partial charge in [-0.3, -0.25) is 4.79 Å². The predicted octanol–water partition coefficient (Wildman–Crippen LogP) is 3.04. The maximum Gasteiger partial charge on any atom is 0.220 e. The van der Waals surface area contributed by atoms with E-state index in [2.05, 4.69) is 30.1 Å². The van der Waals surface area contributed by atoms with E-state index in [0.717, 1.165) is 17.1 Å². The average Bonchev–Trinajstić information content (AvgIpc) is 3.42. The van der Waals surface area contributed by atoms with E-state index in [0.29, 0.717) is 18.9 Å². The summed E-state index contributed by atoms with van der Waals surface area (Å²) in [5.74, 6) is 2.38.